The summed E-state index contributed by atoms with van der Waals surface area (Å²) in [6.45, 7) is 6.25. The monoisotopic (exact) mass is 385 g/mol. The highest BCUT2D eigenvalue weighted by Crippen LogP contribution is 2.44. The number of hydrogen-bond acceptors (Lipinski definition) is 5. The van der Waals surface area contributed by atoms with E-state index in [9.17, 15) is 9.50 Å². The molecule has 0 saturated carbocycles. The summed E-state index contributed by atoms with van der Waals surface area (Å²) in [5.41, 5.74) is 1.02. The third-order valence-corrected chi connectivity index (χ3v) is 5.13. The number of nitrogens with zero attached hydrogens (tertiary/aromatic N) is 1. The maximum absolute atomic E-state index is 15.0. The average molecular weight is 385 g/mol. The van der Waals surface area contributed by atoms with Gasteiger partial charge in [0.1, 0.15) is 13.3 Å². The first kappa shape index (κ1) is 20.3. The summed E-state index contributed by atoms with van der Waals surface area (Å²) in [4.78, 5) is 2.23. The number of hydrogen-bond donors (Lipinski definition) is 1. The van der Waals surface area contributed by atoms with Crippen molar-refractivity contribution in [3.05, 3.63) is 23.0 Å². The number of halogens is 2. The van der Waals surface area contributed by atoms with Crippen molar-refractivity contribution in [3.8, 4) is 11.5 Å². The highest BCUT2D eigenvalue weighted by molar-refractivity contribution is 5.51. The lowest BCUT2D eigenvalue weighted by Gasteiger charge is -2.46. The van der Waals surface area contributed by atoms with Gasteiger partial charge in [-0.3, -0.25) is 4.90 Å². The Kier molecular flexibility index (Phi) is 5.93. The topological polar surface area (TPSA) is 51.2 Å². The largest absolute Gasteiger partial charge is 0.493 e. The number of ether oxygens (including phenoxy) is 3. The lowest BCUT2D eigenvalue weighted by molar-refractivity contribution is -0.149. The summed E-state index contributed by atoms with van der Waals surface area (Å²) in [7, 11) is 1.44. The molecule has 3 rings (SSSR count). The van der Waals surface area contributed by atoms with E-state index in [0.29, 0.717) is 31.5 Å². The van der Waals surface area contributed by atoms with Crippen molar-refractivity contribution in [3.63, 3.8) is 0 Å². The molecule has 0 unspecified atom stereocenters. The minimum atomic E-state index is -0.697. The normalized spacial score (nSPS) is 25.7. The van der Waals surface area contributed by atoms with Crippen LogP contribution in [0.1, 0.15) is 44.4 Å². The van der Waals surface area contributed by atoms with Crippen LogP contribution in [0.4, 0.5) is 8.78 Å². The van der Waals surface area contributed by atoms with Gasteiger partial charge in [0.2, 0.25) is 0 Å². The predicted molar refractivity (Wildman–Crippen MR) is 97.7 cm³/mol. The number of aliphatic hydroxyl groups excluding tert-OH is 1. The van der Waals surface area contributed by atoms with Crippen molar-refractivity contribution < 1.29 is 28.1 Å². The molecule has 1 N–H and O–H groups in total. The van der Waals surface area contributed by atoms with Gasteiger partial charge in [0.05, 0.1) is 24.9 Å². The van der Waals surface area contributed by atoms with E-state index in [1.54, 1.807) is 6.07 Å². The van der Waals surface area contributed by atoms with Gasteiger partial charge in [-0.25, -0.2) is 8.78 Å². The van der Waals surface area contributed by atoms with Gasteiger partial charge in [-0.2, -0.15) is 0 Å². The van der Waals surface area contributed by atoms with Crippen molar-refractivity contribution >= 4 is 0 Å². The maximum Gasteiger partial charge on any atom is 0.197 e. The van der Waals surface area contributed by atoms with E-state index in [1.807, 2.05) is 20.8 Å². The summed E-state index contributed by atoms with van der Waals surface area (Å²) in [5.74, 6) is -0.267. The second-order valence-electron chi connectivity index (χ2n) is 8.16. The lowest BCUT2D eigenvalue weighted by Crippen LogP contribution is -2.53. The summed E-state index contributed by atoms with van der Waals surface area (Å²) in [5, 5.41) is 10.6. The number of fused-ring (bicyclic) bond motifs is 3. The van der Waals surface area contributed by atoms with Crippen LogP contribution in [0.5, 0.6) is 11.5 Å². The number of methoxy groups -OCH3 is 1. The highest BCUT2D eigenvalue weighted by atomic mass is 19.1. The minimum Gasteiger partial charge on any atom is -0.493 e. The molecule has 1 fully saturated rings. The van der Waals surface area contributed by atoms with Gasteiger partial charge in [0.15, 0.2) is 17.3 Å². The van der Waals surface area contributed by atoms with Crippen molar-refractivity contribution in [1.82, 2.24) is 4.90 Å². The maximum atomic E-state index is 15.0. The SMILES string of the molecule is COc1cc2c(c(F)c1OCCF)CCN1C[C@@H](OC(C)(C)C)[C@H](O)C[C@H]21. The van der Waals surface area contributed by atoms with Gasteiger partial charge in [0.25, 0.3) is 0 Å². The Hall–Kier alpha value is -1.44. The third kappa shape index (κ3) is 4.20. The molecule has 0 spiro atoms. The molecule has 0 aromatic heterocycles. The summed E-state index contributed by atoms with van der Waals surface area (Å²) < 4.78 is 44.1. The van der Waals surface area contributed by atoms with E-state index in [4.69, 9.17) is 14.2 Å². The molecule has 1 aromatic carbocycles. The predicted octanol–water partition coefficient (Wildman–Crippen LogP) is 3.03. The molecule has 2 heterocycles. The second-order valence-corrected chi connectivity index (χ2v) is 8.16. The van der Waals surface area contributed by atoms with Crippen molar-refractivity contribution in [1.29, 1.82) is 0 Å². The van der Waals surface area contributed by atoms with Crippen LogP contribution < -0.4 is 9.47 Å². The van der Waals surface area contributed by atoms with Crippen molar-refractivity contribution in [2.75, 3.05) is 33.5 Å². The third-order valence-electron chi connectivity index (χ3n) is 5.13. The van der Waals surface area contributed by atoms with E-state index < -0.39 is 18.6 Å². The van der Waals surface area contributed by atoms with Crippen molar-refractivity contribution in [2.45, 2.75) is 57.5 Å². The average Bonchev–Trinajstić information content (AvgIpc) is 2.60. The molecule has 0 radical (unpaired) electrons. The molecule has 2 aliphatic rings. The molecule has 27 heavy (non-hydrogen) atoms. The van der Waals surface area contributed by atoms with Crippen LogP contribution in [0.2, 0.25) is 0 Å². The van der Waals surface area contributed by atoms with Crippen LogP contribution in [-0.2, 0) is 11.2 Å². The van der Waals surface area contributed by atoms with Crippen LogP contribution in [-0.4, -0.2) is 61.3 Å². The minimum absolute atomic E-state index is 0.0346. The molecule has 3 atom stereocenters. The highest BCUT2D eigenvalue weighted by Gasteiger charge is 2.41. The Morgan fingerprint density at radius 3 is 2.70 bits per heavy atom. The number of alkyl halides is 1. The second kappa shape index (κ2) is 7.89. The van der Waals surface area contributed by atoms with Gasteiger partial charge >= 0.3 is 0 Å². The summed E-state index contributed by atoms with van der Waals surface area (Å²) >= 11 is 0. The quantitative estimate of drug-likeness (QED) is 0.844. The first-order chi connectivity index (χ1) is 12.7. The van der Waals surface area contributed by atoms with Gasteiger partial charge in [0, 0.05) is 19.1 Å². The van der Waals surface area contributed by atoms with Crippen LogP contribution in [0.25, 0.3) is 0 Å². The zero-order valence-electron chi connectivity index (χ0n) is 16.4. The molecule has 0 amide bonds. The van der Waals surface area contributed by atoms with E-state index in [-0.39, 0.29) is 35.9 Å². The lowest BCUT2D eigenvalue weighted by atomic mass is 9.84. The molecule has 2 aliphatic heterocycles. The van der Waals surface area contributed by atoms with Crippen LogP contribution in [0.3, 0.4) is 0 Å². The number of benzene rings is 1. The summed E-state index contributed by atoms with van der Waals surface area (Å²) in [6.07, 6.45) is 0.0714. The fourth-order valence-electron chi connectivity index (χ4n) is 4.05. The molecule has 1 aromatic rings. The Balaban J connectivity index is 1.89. The first-order valence-electron chi connectivity index (χ1n) is 9.43. The molecule has 5 nitrogen and oxygen atoms in total. The summed E-state index contributed by atoms with van der Waals surface area (Å²) in [6, 6.07) is 1.66. The van der Waals surface area contributed by atoms with Crippen LogP contribution in [0, 0.1) is 5.82 Å². The van der Waals surface area contributed by atoms with Gasteiger partial charge < -0.3 is 19.3 Å². The van der Waals surface area contributed by atoms with Crippen molar-refractivity contribution in [2.24, 2.45) is 0 Å². The Morgan fingerprint density at radius 2 is 2.07 bits per heavy atom. The van der Waals surface area contributed by atoms with Gasteiger partial charge in [-0.1, -0.05) is 0 Å². The first-order valence-corrected chi connectivity index (χ1v) is 9.43. The van der Waals surface area contributed by atoms with E-state index >= 15 is 4.39 Å². The van der Waals surface area contributed by atoms with E-state index in [1.165, 1.54) is 7.11 Å². The molecule has 1 saturated heterocycles. The number of piperidine rings is 1. The van der Waals surface area contributed by atoms with Gasteiger partial charge in [-0.05, 0) is 50.8 Å². The Bertz CT molecular complexity index is 677. The van der Waals surface area contributed by atoms with Crippen LogP contribution >= 0.6 is 0 Å². The van der Waals surface area contributed by atoms with Gasteiger partial charge in [-0.15, -0.1) is 0 Å². The number of rotatable bonds is 5. The Labute approximate surface area is 159 Å². The molecule has 0 aliphatic carbocycles. The Morgan fingerprint density at radius 1 is 1.33 bits per heavy atom. The molecular formula is C20H29F2NO4. The van der Waals surface area contributed by atoms with E-state index in [0.717, 1.165) is 5.56 Å². The standard InChI is InChI=1S/C20H29F2NO4/c1-20(2,3)27-17-11-23-7-5-12-13(14(23)10-15(17)24)9-16(25-4)19(18(12)22)26-8-6-21/h9,14-15,17,24H,5-8,10-11H2,1-4H3/t14-,15-,17-/m1/s1. The van der Waals surface area contributed by atoms with E-state index in [2.05, 4.69) is 4.90 Å². The smallest absolute Gasteiger partial charge is 0.197 e. The fourth-order valence-corrected chi connectivity index (χ4v) is 4.05. The fraction of sp³-hybridized carbons (Fsp3) is 0.700. The zero-order chi connectivity index (χ0) is 19.8. The molecular weight excluding hydrogens is 356 g/mol. The molecule has 7 heteroatoms. The number of aliphatic hydroxyl groups is 1. The molecule has 152 valence electrons. The zero-order valence-corrected chi connectivity index (χ0v) is 16.4. The van der Waals surface area contributed by atoms with Crippen LogP contribution in [0.15, 0.2) is 6.07 Å². The molecule has 0 bridgehead atoms.